The van der Waals surface area contributed by atoms with Crippen molar-refractivity contribution in [3.05, 3.63) is 28.3 Å². The standard InChI is InChI=1S/C18H25ClN2OS/c1-13-9-18(21(23-2)11-14-3-4-14)16(10-17(13)19)15-5-7-20(12-22)8-6-15/h9-10,12,14-15H,3-8,11H2,1-2H3. The highest BCUT2D eigenvalue weighted by Gasteiger charge is 2.28. The van der Waals surface area contributed by atoms with E-state index in [1.54, 1.807) is 0 Å². The molecular formula is C18H25ClN2OS. The number of carbonyl (C=O) groups is 1. The number of piperidine rings is 1. The molecule has 1 saturated heterocycles. The number of hydrogen-bond acceptors (Lipinski definition) is 3. The van der Waals surface area contributed by atoms with Crippen LogP contribution >= 0.6 is 23.5 Å². The van der Waals surface area contributed by atoms with Gasteiger partial charge in [-0.3, -0.25) is 4.79 Å². The third kappa shape index (κ3) is 3.97. The van der Waals surface area contributed by atoms with E-state index in [9.17, 15) is 4.79 Å². The van der Waals surface area contributed by atoms with Crippen molar-refractivity contribution >= 4 is 35.6 Å². The van der Waals surface area contributed by atoms with Crippen LogP contribution in [0.2, 0.25) is 5.02 Å². The number of amides is 1. The molecule has 2 aliphatic rings. The summed E-state index contributed by atoms with van der Waals surface area (Å²) in [4.78, 5) is 12.8. The average molecular weight is 353 g/mol. The summed E-state index contributed by atoms with van der Waals surface area (Å²) in [5.41, 5.74) is 3.84. The second kappa shape index (κ2) is 7.35. The topological polar surface area (TPSA) is 23.6 Å². The van der Waals surface area contributed by atoms with Crippen molar-refractivity contribution in [1.82, 2.24) is 4.90 Å². The zero-order valence-corrected chi connectivity index (χ0v) is 15.5. The Morgan fingerprint density at radius 1 is 1.30 bits per heavy atom. The van der Waals surface area contributed by atoms with E-state index in [1.165, 1.54) is 24.1 Å². The molecule has 5 heteroatoms. The summed E-state index contributed by atoms with van der Waals surface area (Å²) in [5, 5.41) is 0.856. The van der Waals surface area contributed by atoms with Gasteiger partial charge in [-0.1, -0.05) is 23.5 Å². The van der Waals surface area contributed by atoms with Gasteiger partial charge in [0, 0.05) is 30.9 Å². The Kier molecular flexibility index (Phi) is 5.42. The third-order valence-electron chi connectivity index (χ3n) is 5.04. The highest BCUT2D eigenvalue weighted by molar-refractivity contribution is 7.99. The van der Waals surface area contributed by atoms with Gasteiger partial charge >= 0.3 is 0 Å². The Morgan fingerprint density at radius 3 is 2.57 bits per heavy atom. The van der Waals surface area contributed by atoms with E-state index in [0.717, 1.165) is 55.4 Å². The minimum atomic E-state index is 0.494. The van der Waals surface area contributed by atoms with Crippen molar-refractivity contribution in [3.8, 4) is 0 Å². The van der Waals surface area contributed by atoms with Crippen molar-refractivity contribution < 1.29 is 4.79 Å². The van der Waals surface area contributed by atoms with E-state index >= 15 is 0 Å². The first-order valence-electron chi connectivity index (χ1n) is 8.43. The first-order chi connectivity index (χ1) is 11.1. The molecule has 0 unspecified atom stereocenters. The lowest BCUT2D eigenvalue weighted by Crippen LogP contribution is -2.32. The van der Waals surface area contributed by atoms with Crippen LogP contribution < -0.4 is 4.31 Å². The summed E-state index contributed by atoms with van der Waals surface area (Å²) >= 11 is 8.25. The number of carbonyl (C=O) groups excluding carboxylic acids is 1. The predicted octanol–water partition coefficient (Wildman–Crippen LogP) is 4.48. The molecule has 3 nitrogen and oxygen atoms in total. The molecule has 1 heterocycles. The second-order valence-corrected chi connectivity index (χ2v) is 7.98. The quantitative estimate of drug-likeness (QED) is 0.557. The molecule has 2 fully saturated rings. The molecule has 0 radical (unpaired) electrons. The number of nitrogens with zero attached hydrogens (tertiary/aromatic N) is 2. The van der Waals surface area contributed by atoms with Crippen molar-refractivity contribution in [1.29, 1.82) is 0 Å². The van der Waals surface area contributed by atoms with Crippen LogP contribution in [0.4, 0.5) is 5.69 Å². The van der Waals surface area contributed by atoms with Gasteiger partial charge in [0.05, 0.1) is 5.69 Å². The van der Waals surface area contributed by atoms with E-state index in [0.29, 0.717) is 5.92 Å². The molecule has 0 N–H and O–H groups in total. The molecule has 0 bridgehead atoms. The summed E-state index contributed by atoms with van der Waals surface area (Å²) in [6.45, 7) is 4.91. The zero-order valence-electron chi connectivity index (χ0n) is 13.9. The number of halogens is 1. The van der Waals surface area contributed by atoms with Crippen LogP contribution in [0.5, 0.6) is 0 Å². The van der Waals surface area contributed by atoms with Crippen LogP contribution in [-0.4, -0.2) is 37.2 Å². The molecule has 23 heavy (non-hydrogen) atoms. The molecule has 126 valence electrons. The van der Waals surface area contributed by atoms with Gasteiger partial charge in [-0.25, -0.2) is 0 Å². The number of rotatable bonds is 6. The minimum absolute atomic E-state index is 0.494. The van der Waals surface area contributed by atoms with E-state index in [2.05, 4.69) is 29.6 Å². The molecule has 1 aliphatic carbocycles. The fourth-order valence-corrected chi connectivity index (χ4v) is 4.23. The Bertz CT molecular complexity index is 568. The van der Waals surface area contributed by atoms with Gasteiger partial charge in [0.15, 0.2) is 0 Å². The Hall–Kier alpha value is -0.870. The van der Waals surface area contributed by atoms with Crippen molar-refractivity contribution in [2.75, 3.05) is 30.2 Å². The van der Waals surface area contributed by atoms with Crippen LogP contribution in [0.25, 0.3) is 0 Å². The van der Waals surface area contributed by atoms with Crippen LogP contribution in [-0.2, 0) is 4.79 Å². The maximum absolute atomic E-state index is 10.9. The van der Waals surface area contributed by atoms with Crippen LogP contribution in [0.15, 0.2) is 12.1 Å². The molecule has 1 aliphatic heterocycles. The SMILES string of the molecule is CSN(CC1CC1)c1cc(C)c(Cl)cc1C1CCN(C=O)CC1. The largest absolute Gasteiger partial charge is 0.345 e. The van der Waals surface area contributed by atoms with E-state index < -0.39 is 0 Å². The normalized spacial score (nSPS) is 19.0. The van der Waals surface area contributed by atoms with Crippen molar-refractivity contribution in [2.24, 2.45) is 5.92 Å². The Labute approximate surface area is 148 Å². The first-order valence-corrected chi connectivity index (χ1v) is 9.99. The summed E-state index contributed by atoms with van der Waals surface area (Å²) in [6, 6.07) is 4.42. The molecule has 3 rings (SSSR count). The highest BCUT2D eigenvalue weighted by Crippen LogP contribution is 2.41. The Balaban J connectivity index is 1.87. The molecule has 1 saturated carbocycles. The monoisotopic (exact) mass is 352 g/mol. The van der Waals surface area contributed by atoms with Crippen LogP contribution in [0.3, 0.4) is 0 Å². The maximum atomic E-state index is 10.9. The minimum Gasteiger partial charge on any atom is -0.345 e. The average Bonchev–Trinajstić information content (AvgIpc) is 3.39. The lowest BCUT2D eigenvalue weighted by atomic mass is 9.87. The highest BCUT2D eigenvalue weighted by atomic mass is 35.5. The van der Waals surface area contributed by atoms with Gasteiger partial charge in [0.2, 0.25) is 6.41 Å². The summed E-state index contributed by atoms with van der Waals surface area (Å²) in [5.74, 6) is 1.34. The summed E-state index contributed by atoms with van der Waals surface area (Å²) in [7, 11) is 0. The molecule has 0 aromatic heterocycles. The van der Waals surface area contributed by atoms with Gasteiger partial charge in [-0.2, -0.15) is 0 Å². The van der Waals surface area contributed by atoms with Gasteiger partial charge in [0.1, 0.15) is 0 Å². The van der Waals surface area contributed by atoms with Crippen LogP contribution in [0.1, 0.15) is 42.7 Å². The van der Waals surface area contributed by atoms with E-state index in [1.807, 2.05) is 16.8 Å². The molecule has 0 spiro atoms. The summed E-state index contributed by atoms with van der Waals surface area (Å²) in [6.07, 6.45) is 7.90. The molecule has 0 atom stereocenters. The lowest BCUT2D eigenvalue weighted by Gasteiger charge is -2.33. The van der Waals surface area contributed by atoms with E-state index in [4.69, 9.17) is 11.6 Å². The molecular weight excluding hydrogens is 328 g/mol. The Morgan fingerprint density at radius 2 is 2.00 bits per heavy atom. The number of hydrogen-bond donors (Lipinski definition) is 0. The van der Waals surface area contributed by atoms with Crippen molar-refractivity contribution in [3.63, 3.8) is 0 Å². The number of anilines is 1. The number of benzene rings is 1. The van der Waals surface area contributed by atoms with Crippen molar-refractivity contribution in [2.45, 2.75) is 38.5 Å². The smallest absolute Gasteiger partial charge is 0.209 e. The van der Waals surface area contributed by atoms with E-state index in [-0.39, 0.29) is 0 Å². The van der Waals surface area contributed by atoms with Gasteiger partial charge in [0.25, 0.3) is 0 Å². The van der Waals surface area contributed by atoms with Gasteiger partial charge < -0.3 is 9.21 Å². The molecule has 1 amide bonds. The third-order valence-corrected chi connectivity index (χ3v) is 6.23. The maximum Gasteiger partial charge on any atom is 0.209 e. The number of aryl methyl sites for hydroxylation is 1. The number of likely N-dealkylation sites (tertiary alicyclic amines) is 1. The lowest BCUT2D eigenvalue weighted by molar-refractivity contribution is -0.119. The first kappa shape index (κ1) is 17.0. The zero-order chi connectivity index (χ0) is 16.4. The summed E-state index contributed by atoms with van der Waals surface area (Å²) < 4.78 is 2.45. The fraction of sp³-hybridized carbons (Fsp3) is 0.611. The van der Waals surface area contributed by atoms with Crippen LogP contribution in [0, 0.1) is 12.8 Å². The second-order valence-electron chi connectivity index (χ2n) is 6.76. The van der Waals surface area contributed by atoms with Gasteiger partial charge in [-0.05, 0) is 67.7 Å². The predicted molar refractivity (Wildman–Crippen MR) is 99.4 cm³/mol. The molecule has 1 aromatic carbocycles. The molecule has 1 aromatic rings. The fourth-order valence-electron chi connectivity index (χ4n) is 3.35. The van der Waals surface area contributed by atoms with Gasteiger partial charge in [-0.15, -0.1) is 0 Å².